The first-order chi connectivity index (χ1) is 11.7. The molecule has 2 rings (SSSR count). The van der Waals surface area contributed by atoms with Gasteiger partial charge in [0.25, 0.3) is 0 Å². The first-order valence-corrected chi connectivity index (χ1v) is 8.35. The van der Waals surface area contributed by atoms with Gasteiger partial charge in [-0.3, -0.25) is 14.2 Å². The summed E-state index contributed by atoms with van der Waals surface area (Å²) in [4.78, 5) is 8.49. The van der Waals surface area contributed by atoms with Crippen LogP contribution < -0.4 is 4.74 Å². The van der Waals surface area contributed by atoms with E-state index in [1.165, 1.54) is 18.3 Å². The second-order valence-electron chi connectivity index (χ2n) is 4.85. The maximum atomic E-state index is 12.8. The number of hydrogen-bond acceptors (Lipinski definition) is 4. The van der Waals surface area contributed by atoms with Gasteiger partial charge in [-0.2, -0.15) is 22.0 Å². The maximum Gasteiger partial charge on any atom is 0.456 e. The molecular formula is C15H13F5N2O2S. The van der Waals surface area contributed by atoms with Crippen LogP contribution in [0.25, 0.3) is 11.4 Å². The number of aromatic nitrogens is 2. The molecule has 25 heavy (non-hydrogen) atoms. The molecule has 0 saturated carbocycles. The maximum absolute atomic E-state index is 12.8. The Kier molecular flexibility index (Phi) is 5.71. The Balaban J connectivity index is 2.18. The molecule has 0 radical (unpaired) electrons. The molecule has 0 amide bonds. The van der Waals surface area contributed by atoms with Crippen LogP contribution in [0.5, 0.6) is 5.75 Å². The molecule has 0 N–H and O–H groups in total. The van der Waals surface area contributed by atoms with Crippen LogP contribution in [0.4, 0.5) is 22.0 Å². The van der Waals surface area contributed by atoms with E-state index in [2.05, 4.69) is 14.7 Å². The molecule has 2 heterocycles. The highest BCUT2D eigenvalue weighted by molar-refractivity contribution is 7.85. The minimum Gasteiger partial charge on any atom is -0.485 e. The second kappa shape index (κ2) is 7.42. The van der Waals surface area contributed by atoms with Crippen molar-refractivity contribution < 1.29 is 30.9 Å². The number of nitrogens with zero attached hydrogens (tertiary/aromatic N) is 2. The molecule has 0 saturated heterocycles. The largest absolute Gasteiger partial charge is 0.485 e. The molecule has 4 nitrogen and oxygen atoms in total. The molecular weight excluding hydrogens is 367 g/mol. The standard InChI is InChI=1S/C15H13F5N2O2S/c1-2-25(23)12-4-3-7-21-13(12)11-6-5-10(8-22-11)24-9-14(16,17)15(18,19)20/h3-8H,2,9H2,1H3. The van der Waals surface area contributed by atoms with Crippen molar-refractivity contribution in [2.24, 2.45) is 0 Å². The first kappa shape index (κ1) is 19.2. The van der Waals surface area contributed by atoms with E-state index in [4.69, 9.17) is 0 Å². The van der Waals surface area contributed by atoms with Crippen LogP contribution in [0, 0.1) is 0 Å². The van der Waals surface area contributed by atoms with Gasteiger partial charge in [0, 0.05) is 11.9 Å². The van der Waals surface area contributed by atoms with E-state index in [1.807, 2.05) is 0 Å². The van der Waals surface area contributed by atoms with Crippen molar-refractivity contribution in [3.63, 3.8) is 0 Å². The zero-order valence-corrected chi connectivity index (χ0v) is 13.7. The summed E-state index contributed by atoms with van der Waals surface area (Å²) in [6.45, 7) is -0.107. The zero-order chi connectivity index (χ0) is 18.7. The summed E-state index contributed by atoms with van der Waals surface area (Å²) in [7, 11) is -1.29. The van der Waals surface area contributed by atoms with Crippen molar-refractivity contribution in [1.29, 1.82) is 0 Å². The summed E-state index contributed by atoms with van der Waals surface area (Å²) < 4.78 is 78.4. The Labute approximate surface area is 142 Å². The second-order valence-corrected chi connectivity index (χ2v) is 6.56. The molecule has 0 bridgehead atoms. The van der Waals surface area contributed by atoms with E-state index >= 15 is 0 Å². The Hall–Kier alpha value is -2.10. The van der Waals surface area contributed by atoms with E-state index in [0.717, 1.165) is 6.20 Å². The minimum atomic E-state index is -5.69. The molecule has 2 aromatic heterocycles. The SMILES string of the molecule is CCS(=O)c1cccnc1-c1ccc(OCC(F)(F)C(F)(F)F)cn1. The van der Waals surface area contributed by atoms with Crippen molar-refractivity contribution in [2.45, 2.75) is 23.9 Å². The fourth-order valence-electron chi connectivity index (χ4n) is 1.78. The molecule has 136 valence electrons. The van der Waals surface area contributed by atoms with Crippen LogP contribution in [0.3, 0.4) is 0 Å². The number of ether oxygens (including phenoxy) is 1. The van der Waals surface area contributed by atoms with Gasteiger partial charge in [0.05, 0.1) is 27.6 Å². The summed E-state index contributed by atoms with van der Waals surface area (Å²) in [6, 6.07) is 5.78. The van der Waals surface area contributed by atoms with Crippen molar-refractivity contribution in [3.8, 4) is 17.1 Å². The van der Waals surface area contributed by atoms with Crippen molar-refractivity contribution in [3.05, 3.63) is 36.7 Å². The Bertz CT molecular complexity index is 750. The zero-order valence-electron chi connectivity index (χ0n) is 12.9. The fraction of sp³-hybridized carbons (Fsp3) is 0.333. The predicted octanol–water partition coefficient (Wildman–Crippen LogP) is 3.85. The van der Waals surface area contributed by atoms with Crippen LogP contribution in [0.2, 0.25) is 0 Å². The average molecular weight is 380 g/mol. The number of halogens is 5. The lowest BCUT2D eigenvalue weighted by molar-refractivity contribution is -0.290. The van der Waals surface area contributed by atoms with Gasteiger partial charge < -0.3 is 4.74 Å². The van der Waals surface area contributed by atoms with Crippen LogP contribution in [0.15, 0.2) is 41.6 Å². The fourth-order valence-corrected chi connectivity index (χ4v) is 2.70. The van der Waals surface area contributed by atoms with E-state index < -0.39 is 29.5 Å². The quantitative estimate of drug-likeness (QED) is 0.715. The molecule has 0 spiro atoms. The predicted molar refractivity (Wildman–Crippen MR) is 80.9 cm³/mol. The normalized spacial score (nSPS) is 13.5. The lowest BCUT2D eigenvalue weighted by Crippen LogP contribution is -2.41. The highest BCUT2D eigenvalue weighted by Crippen LogP contribution is 2.35. The highest BCUT2D eigenvalue weighted by atomic mass is 32.2. The van der Waals surface area contributed by atoms with Crippen molar-refractivity contribution in [2.75, 3.05) is 12.4 Å². The van der Waals surface area contributed by atoms with Crippen LogP contribution in [-0.4, -0.2) is 38.6 Å². The van der Waals surface area contributed by atoms with E-state index in [1.54, 1.807) is 19.1 Å². The van der Waals surface area contributed by atoms with Gasteiger partial charge in [-0.15, -0.1) is 0 Å². The van der Waals surface area contributed by atoms with Gasteiger partial charge in [-0.1, -0.05) is 6.92 Å². The lowest BCUT2D eigenvalue weighted by atomic mass is 10.2. The Morgan fingerprint density at radius 1 is 1.12 bits per heavy atom. The minimum absolute atomic E-state index is 0.248. The molecule has 1 atom stereocenters. The molecule has 0 fully saturated rings. The number of hydrogen-bond donors (Lipinski definition) is 0. The summed E-state index contributed by atoms with van der Waals surface area (Å²) in [6.07, 6.45) is -3.20. The molecule has 0 aliphatic carbocycles. The smallest absolute Gasteiger partial charge is 0.456 e. The summed E-state index contributed by atoms with van der Waals surface area (Å²) in [5, 5.41) is 0. The number of pyridine rings is 2. The van der Waals surface area contributed by atoms with Gasteiger partial charge in [0.15, 0.2) is 6.61 Å². The monoisotopic (exact) mass is 380 g/mol. The molecule has 0 aromatic carbocycles. The summed E-state index contributed by atoms with van der Waals surface area (Å²) in [5.41, 5.74) is 0.641. The van der Waals surface area contributed by atoms with Crippen molar-refractivity contribution in [1.82, 2.24) is 9.97 Å². The Morgan fingerprint density at radius 2 is 1.84 bits per heavy atom. The van der Waals surface area contributed by atoms with Crippen LogP contribution in [0.1, 0.15) is 6.92 Å². The van der Waals surface area contributed by atoms with Crippen molar-refractivity contribution >= 4 is 10.8 Å². The Morgan fingerprint density at radius 3 is 2.40 bits per heavy atom. The van der Waals surface area contributed by atoms with Gasteiger partial charge in [0.1, 0.15) is 11.4 Å². The number of alkyl halides is 5. The van der Waals surface area contributed by atoms with E-state index in [9.17, 15) is 26.2 Å². The van der Waals surface area contributed by atoms with Gasteiger partial charge in [-0.25, -0.2) is 0 Å². The van der Waals surface area contributed by atoms with Crippen LogP contribution in [-0.2, 0) is 10.8 Å². The third-order valence-electron chi connectivity index (χ3n) is 3.09. The molecule has 2 aromatic rings. The van der Waals surface area contributed by atoms with Gasteiger partial charge >= 0.3 is 12.1 Å². The molecule has 0 aliphatic heterocycles. The van der Waals surface area contributed by atoms with Crippen LogP contribution >= 0.6 is 0 Å². The molecule has 0 aliphatic rings. The third kappa shape index (κ3) is 4.50. The molecule has 1 unspecified atom stereocenters. The summed E-state index contributed by atoms with van der Waals surface area (Å²) in [5.74, 6) is -4.84. The average Bonchev–Trinajstić information content (AvgIpc) is 2.59. The van der Waals surface area contributed by atoms with Gasteiger partial charge in [0.2, 0.25) is 0 Å². The van der Waals surface area contributed by atoms with E-state index in [-0.39, 0.29) is 5.75 Å². The topological polar surface area (TPSA) is 52.1 Å². The first-order valence-electron chi connectivity index (χ1n) is 7.03. The molecule has 10 heteroatoms. The highest BCUT2D eigenvalue weighted by Gasteiger charge is 2.58. The van der Waals surface area contributed by atoms with E-state index in [0.29, 0.717) is 22.0 Å². The third-order valence-corrected chi connectivity index (χ3v) is 4.44. The summed E-state index contributed by atoms with van der Waals surface area (Å²) >= 11 is 0. The lowest BCUT2D eigenvalue weighted by Gasteiger charge is -2.19. The van der Waals surface area contributed by atoms with Gasteiger partial charge in [-0.05, 0) is 24.3 Å². The number of rotatable bonds is 6.